The van der Waals surface area contributed by atoms with Crippen molar-refractivity contribution in [3.63, 3.8) is 0 Å². The molecule has 2 heterocycles. The first-order valence-electron chi connectivity index (χ1n) is 6.27. The summed E-state index contributed by atoms with van der Waals surface area (Å²) in [5.41, 5.74) is 10.7. The molecule has 2 N–H and O–H groups in total. The standard InChI is InChI=1S/C14H16N4O/c1-9-17-12-4-3-10(7-14(12)19-9)11-8-16-18(2)13(11)5-6-15/h3-4,7-8H,5-6,15H2,1-2H3. The van der Waals surface area contributed by atoms with Crippen LogP contribution in [0.3, 0.4) is 0 Å². The highest BCUT2D eigenvalue weighted by molar-refractivity contribution is 5.80. The van der Waals surface area contributed by atoms with Crippen LogP contribution in [0.25, 0.3) is 22.2 Å². The molecule has 0 spiro atoms. The lowest BCUT2D eigenvalue weighted by Gasteiger charge is -2.04. The Morgan fingerprint density at radius 3 is 3.00 bits per heavy atom. The van der Waals surface area contributed by atoms with E-state index in [4.69, 9.17) is 10.2 Å². The molecule has 0 aliphatic rings. The van der Waals surface area contributed by atoms with E-state index in [1.807, 2.05) is 43.0 Å². The smallest absolute Gasteiger partial charge is 0.192 e. The van der Waals surface area contributed by atoms with Gasteiger partial charge >= 0.3 is 0 Å². The van der Waals surface area contributed by atoms with Gasteiger partial charge in [0.1, 0.15) is 5.52 Å². The average Bonchev–Trinajstić information content (AvgIpc) is 2.92. The summed E-state index contributed by atoms with van der Waals surface area (Å²) in [6.45, 7) is 2.46. The van der Waals surface area contributed by atoms with Gasteiger partial charge in [-0.2, -0.15) is 5.10 Å². The van der Waals surface area contributed by atoms with Crippen LogP contribution in [0, 0.1) is 6.92 Å². The first-order valence-corrected chi connectivity index (χ1v) is 6.27. The monoisotopic (exact) mass is 256 g/mol. The van der Waals surface area contributed by atoms with E-state index < -0.39 is 0 Å². The lowest BCUT2D eigenvalue weighted by Crippen LogP contribution is -2.08. The van der Waals surface area contributed by atoms with Crippen LogP contribution in [-0.4, -0.2) is 21.3 Å². The summed E-state index contributed by atoms with van der Waals surface area (Å²) in [7, 11) is 1.94. The minimum absolute atomic E-state index is 0.607. The predicted octanol–water partition coefficient (Wildman–Crippen LogP) is 2.04. The molecule has 0 bridgehead atoms. The number of rotatable bonds is 3. The van der Waals surface area contributed by atoms with Crippen molar-refractivity contribution in [3.8, 4) is 11.1 Å². The molecule has 98 valence electrons. The van der Waals surface area contributed by atoms with Crippen LogP contribution in [0.5, 0.6) is 0 Å². The number of oxazole rings is 1. The zero-order valence-corrected chi connectivity index (χ0v) is 11.1. The first kappa shape index (κ1) is 11.9. The molecule has 0 amide bonds. The van der Waals surface area contributed by atoms with Crippen LogP contribution in [0.2, 0.25) is 0 Å². The topological polar surface area (TPSA) is 69.9 Å². The van der Waals surface area contributed by atoms with Crippen LogP contribution in [0.1, 0.15) is 11.6 Å². The highest BCUT2D eigenvalue weighted by Gasteiger charge is 2.11. The van der Waals surface area contributed by atoms with Crippen molar-refractivity contribution in [1.29, 1.82) is 0 Å². The summed E-state index contributed by atoms with van der Waals surface area (Å²) < 4.78 is 7.45. The second-order valence-electron chi connectivity index (χ2n) is 4.58. The quantitative estimate of drug-likeness (QED) is 0.778. The Bertz CT molecular complexity index is 726. The van der Waals surface area contributed by atoms with Gasteiger partial charge in [0.15, 0.2) is 11.5 Å². The number of fused-ring (bicyclic) bond motifs is 1. The van der Waals surface area contributed by atoms with Gasteiger partial charge < -0.3 is 10.2 Å². The molecule has 3 aromatic rings. The molecule has 0 aliphatic heterocycles. The number of hydrogen-bond acceptors (Lipinski definition) is 4. The summed E-state index contributed by atoms with van der Waals surface area (Å²) in [4.78, 5) is 4.30. The molecule has 5 heteroatoms. The summed E-state index contributed by atoms with van der Waals surface area (Å²) in [5, 5.41) is 4.31. The van der Waals surface area contributed by atoms with Crippen molar-refractivity contribution in [2.45, 2.75) is 13.3 Å². The third kappa shape index (κ3) is 2.02. The SMILES string of the molecule is Cc1nc2ccc(-c3cnn(C)c3CCN)cc2o1. The van der Waals surface area contributed by atoms with E-state index in [1.54, 1.807) is 0 Å². The van der Waals surface area contributed by atoms with Crippen molar-refractivity contribution in [2.24, 2.45) is 12.8 Å². The van der Waals surface area contributed by atoms with E-state index in [-0.39, 0.29) is 0 Å². The van der Waals surface area contributed by atoms with Gasteiger partial charge in [0.05, 0.1) is 6.20 Å². The van der Waals surface area contributed by atoms with Crippen molar-refractivity contribution in [3.05, 3.63) is 36.0 Å². The van der Waals surface area contributed by atoms with E-state index in [9.17, 15) is 0 Å². The largest absolute Gasteiger partial charge is 0.441 e. The second-order valence-corrected chi connectivity index (χ2v) is 4.58. The van der Waals surface area contributed by atoms with Crippen LogP contribution in [0.15, 0.2) is 28.8 Å². The zero-order valence-electron chi connectivity index (χ0n) is 11.1. The second kappa shape index (κ2) is 4.51. The molecule has 0 saturated heterocycles. The Morgan fingerprint density at radius 2 is 2.21 bits per heavy atom. The lowest BCUT2D eigenvalue weighted by molar-refractivity contribution is 0.561. The van der Waals surface area contributed by atoms with E-state index in [1.165, 1.54) is 0 Å². The van der Waals surface area contributed by atoms with Crippen molar-refractivity contribution in [1.82, 2.24) is 14.8 Å². The van der Waals surface area contributed by atoms with Gasteiger partial charge in [0.2, 0.25) is 0 Å². The van der Waals surface area contributed by atoms with E-state index >= 15 is 0 Å². The number of benzene rings is 1. The highest BCUT2D eigenvalue weighted by atomic mass is 16.3. The molecule has 0 atom stereocenters. The predicted molar refractivity (Wildman–Crippen MR) is 73.7 cm³/mol. The number of aryl methyl sites for hydroxylation is 2. The number of aromatic nitrogens is 3. The maximum absolute atomic E-state index is 5.66. The number of nitrogens with two attached hydrogens (primary N) is 1. The molecule has 2 aromatic heterocycles. The number of hydrogen-bond donors (Lipinski definition) is 1. The minimum atomic E-state index is 0.607. The van der Waals surface area contributed by atoms with Gasteiger partial charge in [0.25, 0.3) is 0 Å². The minimum Gasteiger partial charge on any atom is -0.441 e. The fourth-order valence-electron chi connectivity index (χ4n) is 2.34. The van der Waals surface area contributed by atoms with Gasteiger partial charge in [-0.25, -0.2) is 4.98 Å². The molecule has 5 nitrogen and oxygen atoms in total. The Labute approximate surface area is 111 Å². The molecule has 0 fully saturated rings. The van der Waals surface area contributed by atoms with Gasteiger partial charge in [-0.1, -0.05) is 6.07 Å². The molecule has 0 unspecified atom stereocenters. The van der Waals surface area contributed by atoms with E-state index in [2.05, 4.69) is 10.1 Å². The molecule has 0 saturated carbocycles. The normalized spacial score (nSPS) is 11.3. The number of nitrogens with zero attached hydrogens (tertiary/aromatic N) is 3. The summed E-state index contributed by atoms with van der Waals surface area (Å²) >= 11 is 0. The highest BCUT2D eigenvalue weighted by Crippen LogP contribution is 2.27. The first-order chi connectivity index (χ1) is 9.19. The fraction of sp³-hybridized carbons (Fsp3) is 0.286. The zero-order chi connectivity index (χ0) is 13.4. The Hall–Kier alpha value is -2.14. The van der Waals surface area contributed by atoms with Crippen LogP contribution in [-0.2, 0) is 13.5 Å². The summed E-state index contributed by atoms with van der Waals surface area (Å²) in [6.07, 6.45) is 2.68. The van der Waals surface area contributed by atoms with Gasteiger partial charge in [0, 0.05) is 31.6 Å². The maximum atomic E-state index is 5.66. The third-order valence-corrected chi connectivity index (χ3v) is 3.25. The van der Waals surface area contributed by atoms with Gasteiger partial charge in [-0.05, 0) is 24.2 Å². The van der Waals surface area contributed by atoms with Gasteiger partial charge in [-0.3, -0.25) is 4.68 Å². The maximum Gasteiger partial charge on any atom is 0.192 e. The van der Waals surface area contributed by atoms with Crippen molar-refractivity contribution < 1.29 is 4.42 Å². The van der Waals surface area contributed by atoms with E-state index in [0.29, 0.717) is 12.4 Å². The molecular weight excluding hydrogens is 240 g/mol. The Morgan fingerprint density at radius 1 is 1.37 bits per heavy atom. The molecule has 0 aliphatic carbocycles. The molecule has 3 rings (SSSR count). The molecule has 1 aromatic carbocycles. The molecule has 0 radical (unpaired) electrons. The van der Waals surface area contributed by atoms with Crippen LogP contribution in [0.4, 0.5) is 0 Å². The Balaban J connectivity index is 2.13. The molecule has 19 heavy (non-hydrogen) atoms. The van der Waals surface area contributed by atoms with Crippen molar-refractivity contribution >= 4 is 11.1 Å². The summed E-state index contributed by atoms with van der Waals surface area (Å²) in [5.74, 6) is 0.681. The Kier molecular flexibility index (Phi) is 2.83. The summed E-state index contributed by atoms with van der Waals surface area (Å²) in [6, 6.07) is 6.02. The van der Waals surface area contributed by atoms with E-state index in [0.717, 1.165) is 34.3 Å². The molecular formula is C14H16N4O. The lowest BCUT2D eigenvalue weighted by atomic mass is 10.0. The fourth-order valence-corrected chi connectivity index (χ4v) is 2.34. The average molecular weight is 256 g/mol. The van der Waals surface area contributed by atoms with Crippen LogP contribution >= 0.6 is 0 Å². The van der Waals surface area contributed by atoms with Gasteiger partial charge in [-0.15, -0.1) is 0 Å². The van der Waals surface area contributed by atoms with Crippen molar-refractivity contribution in [2.75, 3.05) is 6.54 Å². The third-order valence-electron chi connectivity index (χ3n) is 3.25. The van der Waals surface area contributed by atoms with Crippen LogP contribution < -0.4 is 5.73 Å².